The monoisotopic (exact) mass is 390 g/mol. The molecule has 4 rings (SSSR count). The summed E-state index contributed by atoms with van der Waals surface area (Å²) in [5, 5.41) is 13.8. The SMILES string of the molecule is COc1ccccc1C1(CNC(=O)c2n[nH]c3c2CNCC3)CCCC1.Cl. The number of nitrogens with zero attached hydrogens (tertiary/aromatic N) is 1. The minimum Gasteiger partial charge on any atom is -0.496 e. The molecule has 1 aliphatic heterocycles. The van der Waals surface area contributed by atoms with Crippen LogP contribution in [0.1, 0.15) is 53.0 Å². The largest absolute Gasteiger partial charge is 0.496 e. The fourth-order valence-electron chi connectivity index (χ4n) is 4.42. The van der Waals surface area contributed by atoms with E-state index in [2.05, 4.69) is 33.0 Å². The summed E-state index contributed by atoms with van der Waals surface area (Å²) >= 11 is 0. The number of carbonyl (C=O) groups is 1. The van der Waals surface area contributed by atoms with Gasteiger partial charge in [0.2, 0.25) is 0 Å². The van der Waals surface area contributed by atoms with E-state index in [1.54, 1.807) is 7.11 Å². The number of carbonyl (C=O) groups excluding carboxylic acids is 1. The molecule has 2 heterocycles. The molecule has 3 N–H and O–H groups in total. The van der Waals surface area contributed by atoms with E-state index in [1.165, 1.54) is 18.4 Å². The Morgan fingerprint density at radius 1 is 1.30 bits per heavy atom. The lowest BCUT2D eigenvalue weighted by molar-refractivity contribution is 0.0936. The third-order valence-corrected chi connectivity index (χ3v) is 5.85. The Kier molecular flexibility index (Phi) is 6.07. The number of amides is 1. The molecule has 27 heavy (non-hydrogen) atoms. The minimum absolute atomic E-state index is 0. The highest BCUT2D eigenvalue weighted by molar-refractivity contribution is 5.94. The number of hydrogen-bond donors (Lipinski definition) is 3. The Morgan fingerprint density at radius 2 is 2.07 bits per heavy atom. The third kappa shape index (κ3) is 3.69. The predicted octanol–water partition coefficient (Wildman–Crippen LogP) is 2.73. The van der Waals surface area contributed by atoms with Crippen molar-refractivity contribution in [2.45, 2.75) is 44.1 Å². The second-order valence-corrected chi connectivity index (χ2v) is 7.33. The zero-order chi connectivity index (χ0) is 18.0. The number of fused-ring (bicyclic) bond motifs is 1. The highest BCUT2D eigenvalue weighted by atomic mass is 35.5. The average Bonchev–Trinajstić information content (AvgIpc) is 3.34. The molecule has 1 saturated carbocycles. The van der Waals surface area contributed by atoms with E-state index in [9.17, 15) is 4.79 Å². The smallest absolute Gasteiger partial charge is 0.272 e. The third-order valence-electron chi connectivity index (χ3n) is 5.85. The number of para-hydroxylation sites is 1. The van der Waals surface area contributed by atoms with Crippen molar-refractivity contribution in [2.24, 2.45) is 0 Å². The van der Waals surface area contributed by atoms with E-state index in [1.807, 2.05) is 12.1 Å². The van der Waals surface area contributed by atoms with Crippen molar-refractivity contribution in [3.05, 3.63) is 46.8 Å². The van der Waals surface area contributed by atoms with Crippen LogP contribution in [0.3, 0.4) is 0 Å². The molecule has 0 saturated heterocycles. The van der Waals surface area contributed by atoms with Crippen molar-refractivity contribution >= 4 is 18.3 Å². The molecule has 146 valence electrons. The van der Waals surface area contributed by atoms with Gasteiger partial charge in [0, 0.05) is 48.3 Å². The normalized spacial score (nSPS) is 17.7. The van der Waals surface area contributed by atoms with Crippen LogP contribution in [-0.4, -0.2) is 36.3 Å². The van der Waals surface area contributed by atoms with E-state index >= 15 is 0 Å². The maximum atomic E-state index is 12.8. The minimum atomic E-state index is -0.0904. The fraction of sp³-hybridized carbons (Fsp3) is 0.500. The van der Waals surface area contributed by atoms with Crippen LogP contribution in [0.2, 0.25) is 0 Å². The summed E-state index contributed by atoms with van der Waals surface area (Å²) in [6.07, 6.45) is 5.37. The van der Waals surface area contributed by atoms with Crippen LogP contribution in [0.4, 0.5) is 0 Å². The van der Waals surface area contributed by atoms with Gasteiger partial charge in [0.25, 0.3) is 5.91 Å². The Hall–Kier alpha value is -2.05. The number of methoxy groups -OCH3 is 1. The first-order valence-corrected chi connectivity index (χ1v) is 9.42. The maximum Gasteiger partial charge on any atom is 0.272 e. The van der Waals surface area contributed by atoms with Crippen molar-refractivity contribution < 1.29 is 9.53 Å². The van der Waals surface area contributed by atoms with Gasteiger partial charge < -0.3 is 15.4 Å². The van der Waals surface area contributed by atoms with Gasteiger partial charge in [-0.1, -0.05) is 31.0 Å². The summed E-state index contributed by atoms with van der Waals surface area (Å²) in [4.78, 5) is 12.8. The molecular formula is C20H27ClN4O2. The van der Waals surface area contributed by atoms with Gasteiger partial charge in [-0.3, -0.25) is 9.89 Å². The second-order valence-electron chi connectivity index (χ2n) is 7.33. The lowest BCUT2D eigenvalue weighted by Gasteiger charge is -2.31. The van der Waals surface area contributed by atoms with Crippen LogP contribution >= 0.6 is 12.4 Å². The Balaban J connectivity index is 0.00000210. The quantitative estimate of drug-likeness (QED) is 0.733. The van der Waals surface area contributed by atoms with E-state index in [0.717, 1.165) is 42.8 Å². The van der Waals surface area contributed by atoms with Gasteiger partial charge in [0.15, 0.2) is 5.69 Å². The summed E-state index contributed by atoms with van der Waals surface area (Å²) in [6.45, 7) is 2.24. The molecule has 0 atom stereocenters. The number of aromatic amines is 1. The maximum absolute atomic E-state index is 12.8. The number of benzene rings is 1. The van der Waals surface area contributed by atoms with Crippen LogP contribution in [-0.2, 0) is 18.4 Å². The molecule has 6 nitrogen and oxygen atoms in total. The summed E-state index contributed by atoms with van der Waals surface area (Å²) in [6, 6.07) is 8.19. The molecule has 2 aliphatic rings. The predicted molar refractivity (Wildman–Crippen MR) is 107 cm³/mol. The van der Waals surface area contributed by atoms with Gasteiger partial charge in [0.1, 0.15) is 5.75 Å². The first-order valence-electron chi connectivity index (χ1n) is 9.42. The van der Waals surface area contributed by atoms with Gasteiger partial charge >= 0.3 is 0 Å². The molecule has 7 heteroatoms. The van der Waals surface area contributed by atoms with Gasteiger partial charge in [-0.2, -0.15) is 5.10 Å². The number of H-pyrrole nitrogens is 1. The first kappa shape index (κ1) is 19.7. The van der Waals surface area contributed by atoms with Crippen molar-refractivity contribution in [3.8, 4) is 5.75 Å². The van der Waals surface area contributed by atoms with E-state index in [4.69, 9.17) is 4.74 Å². The van der Waals surface area contributed by atoms with Gasteiger partial charge in [-0.05, 0) is 18.9 Å². The molecule has 0 unspecified atom stereocenters. The highest BCUT2D eigenvalue weighted by Gasteiger charge is 2.38. The highest BCUT2D eigenvalue weighted by Crippen LogP contribution is 2.44. The van der Waals surface area contributed by atoms with Crippen LogP contribution in [0.25, 0.3) is 0 Å². The summed E-state index contributed by atoms with van der Waals surface area (Å²) in [7, 11) is 1.71. The number of aromatic nitrogens is 2. The number of halogens is 1. The second kappa shape index (κ2) is 8.31. The topological polar surface area (TPSA) is 79.0 Å². The number of ether oxygens (including phenoxy) is 1. The number of hydrogen-bond acceptors (Lipinski definition) is 4. The van der Waals surface area contributed by atoms with Crippen LogP contribution in [0.15, 0.2) is 24.3 Å². The summed E-state index contributed by atoms with van der Waals surface area (Å²) in [5.74, 6) is 0.817. The molecule has 0 spiro atoms. The summed E-state index contributed by atoms with van der Waals surface area (Å²) in [5.41, 5.74) is 3.75. The van der Waals surface area contributed by atoms with E-state index in [0.29, 0.717) is 18.8 Å². The Bertz CT molecular complexity index is 799. The van der Waals surface area contributed by atoms with Crippen molar-refractivity contribution in [1.29, 1.82) is 0 Å². The number of nitrogens with one attached hydrogen (secondary N) is 3. The van der Waals surface area contributed by atoms with E-state index < -0.39 is 0 Å². The molecule has 2 aromatic rings. The van der Waals surface area contributed by atoms with Crippen molar-refractivity contribution in [1.82, 2.24) is 20.8 Å². The molecule has 0 radical (unpaired) electrons. The van der Waals surface area contributed by atoms with E-state index in [-0.39, 0.29) is 23.7 Å². The van der Waals surface area contributed by atoms with Gasteiger partial charge in [-0.15, -0.1) is 12.4 Å². The van der Waals surface area contributed by atoms with Gasteiger partial charge in [-0.25, -0.2) is 0 Å². The van der Waals surface area contributed by atoms with Crippen LogP contribution in [0.5, 0.6) is 5.75 Å². The fourth-order valence-corrected chi connectivity index (χ4v) is 4.42. The Labute approximate surface area is 165 Å². The van der Waals surface area contributed by atoms with Crippen molar-refractivity contribution in [3.63, 3.8) is 0 Å². The zero-order valence-electron chi connectivity index (χ0n) is 15.6. The zero-order valence-corrected chi connectivity index (χ0v) is 16.5. The molecule has 1 fully saturated rings. The lowest BCUT2D eigenvalue weighted by atomic mass is 9.78. The standard InChI is InChI=1S/C20H26N4O2.ClH/c1-26-17-7-3-2-6-15(17)20(9-4-5-10-20)13-22-19(25)18-14-12-21-11-8-16(14)23-24-18;/h2-3,6-7,21H,4-5,8-13H2,1H3,(H,22,25)(H,23,24);1H. The molecule has 1 amide bonds. The molecule has 1 aromatic carbocycles. The van der Waals surface area contributed by atoms with Gasteiger partial charge in [0.05, 0.1) is 7.11 Å². The van der Waals surface area contributed by atoms with Crippen molar-refractivity contribution in [2.75, 3.05) is 20.2 Å². The molecule has 0 bridgehead atoms. The average molecular weight is 391 g/mol. The molecule has 1 aromatic heterocycles. The number of rotatable bonds is 5. The molecule has 1 aliphatic carbocycles. The first-order chi connectivity index (χ1) is 12.7. The Morgan fingerprint density at radius 3 is 2.85 bits per heavy atom. The van der Waals surface area contributed by atoms with Crippen LogP contribution < -0.4 is 15.4 Å². The summed E-state index contributed by atoms with van der Waals surface area (Å²) < 4.78 is 5.60. The molecular weight excluding hydrogens is 364 g/mol. The lowest BCUT2D eigenvalue weighted by Crippen LogP contribution is -2.40. The van der Waals surface area contributed by atoms with Crippen LogP contribution in [0, 0.1) is 0 Å².